The van der Waals surface area contributed by atoms with E-state index in [2.05, 4.69) is 19.9 Å². The van der Waals surface area contributed by atoms with Crippen molar-refractivity contribution < 1.29 is 0 Å². The number of nitrogen functional groups attached to an aromatic ring is 1. The molecule has 1 fully saturated rings. The van der Waals surface area contributed by atoms with Crippen LogP contribution in [0.4, 0.5) is 5.95 Å². The molecule has 0 spiro atoms. The zero-order valence-electron chi connectivity index (χ0n) is 12.5. The Kier molecular flexibility index (Phi) is 3.83. The first-order valence-corrected chi connectivity index (χ1v) is 8.40. The van der Waals surface area contributed by atoms with Gasteiger partial charge in [0.2, 0.25) is 5.95 Å². The third-order valence-electron chi connectivity index (χ3n) is 4.28. The Balaban J connectivity index is 1.52. The highest BCUT2D eigenvalue weighted by Crippen LogP contribution is 2.38. The van der Waals surface area contributed by atoms with Crippen LogP contribution in [0, 0.1) is 0 Å². The van der Waals surface area contributed by atoms with Crippen LogP contribution in [0.15, 0.2) is 6.20 Å². The van der Waals surface area contributed by atoms with Crippen LogP contribution in [0.25, 0.3) is 0 Å². The molecule has 0 unspecified atom stereocenters. The third kappa shape index (κ3) is 3.11. The Labute approximate surface area is 144 Å². The standard InChI is InChI=1S/C15H16Cl2N6/c16-12-10(13(17)22-15(18)21-12)7-23-4-3-11-9(6-23)5-19-14(20-11)8-1-2-8/h5,8H,1-4,6-7H2,(H2,18,21,22). The molecule has 1 aliphatic heterocycles. The van der Waals surface area contributed by atoms with Gasteiger partial charge in [0.15, 0.2) is 0 Å². The van der Waals surface area contributed by atoms with Gasteiger partial charge in [0.05, 0.1) is 0 Å². The van der Waals surface area contributed by atoms with Gasteiger partial charge < -0.3 is 5.73 Å². The van der Waals surface area contributed by atoms with Gasteiger partial charge in [-0.2, -0.15) is 0 Å². The Hall–Kier alpha value is -1.50. The van der Waals surface area contributed by atoms with Crippen LogP contribution in [-0.2, 0) is 19.5 Å². The summed E-state index contributed by atoms with van der Waals surface area (Å²) in [4.78, 5) is 19.4. The van der Waals surface area contributed by atoms with Crippen molar-refractivity contribution in [2.24, 2.45) is 0 Å². The second-order valence-corrected chi connectivity index (χ2v) is 6.79. The topological polar surface area (TPSA) is 80.8 Å². The van der Waals surface area contributed by atoms with Crippen molar-refractivity contribution in [1.29, 1.82) is 0 Å². The van der Waals surface area contributed by atoms with Crippen LogP contribution >= 0.6 is 23.2 Å². The summed E-state index contributed by atoms with van der Waals surface area (Å²) < 4.78 is 0. The molecule has 120 valence electrons. The summed E-state index contributed by atoms with van der Waals surface area (Å²) in [6.45, 7) is 2.25. The van der Waals surface area contributed by atoms with E-state index in [4.69, 9.17) is 33.9 Å². The second-order valence-electron chi connectivity index (χ2n) is 6.08. The SMILES string of the molecule is Nc1nc(Cl)c(CN2CCc3nc(C4CC4)ncc3C2)c(Cl)n1. The largest absolute Gasteiger partial charge is 0.368 e. The first-order chi connectivity index (χ1) is 11.1. The number of hydrogen-bond donors (Lipinski definition) is 1. The van der Waals surface area contributed by atoms with Crippen molar-refractivity contribution in [3.05, 3.63) is 39.1 Å². The van der Waals surface area contributed by atoms with Crippen molar-refractivity contribution in [2.75, 3.05) is 12.3 Å². The molecule has 2 aromatic rings. The normalized spacial score (nSPS) is 18.0. The van der Waals surface area contributed by atoms with Crippen LogP contribution in [-0.4, -0.2) is 31.4 Å². The highest BCUT2D eigenvalue weighted by atomic mass is 35.5. The molecule has 2 N–H and O–H groups in total. The third-order valence-corrected chi connectivity index (χ3v) is 4.90. The van der Waals surface area contributed by atoms with Crippen molar-refractivity contribution in [2.45, 2.75) is 38.3 Å². The van der Waals surface area contributed by atoms with Gasteiger partial charge in [0, 0.05) is 55.0 Å². The molecular weight excluding hydrogens is 335 g/mol. The molecule has 1 aliphatic carbocycles. The van der Waals surface area contributed by atoms with Crippen LogP contribution in [0.5, 0.6) is 0 Å². The van der Waals surface area contributed by atoms with E-state index in [1.807, 2.05) is 6.20 Å². The van der Waals surface area contributed by atoms with E-state index >= 15 is 0 Å². The molecular formula is C15H16Cl2N6. The molecule has 0 bridgehead atoms. The molecule has 0 atom stereocenters. The lowest BCUT2D eigenvalue weighted by Gasteiger charge is -2.28. The van der Waals surface area contributed by atoms with Gasteiger partial charge in [-0.1, -0.05) is 23.2 Å². The average Bonchev–Trinajstić information content (AvgIpc) is 3.35. The van der Waals surface area contributed by atoms with Gasteiger partial charge in [-0.25, -0.2) is 19.9 Å². The lowest BCUT2D eigenvalue weighted by atomic mass is 10.1. The predicted octanol–water partition coefficient (Wildman–Crippen LogP) is 2.59. The maximum absolute atomic E-state index is 6.15. The van der Waals surface area contributed by atoms with E-state index in [0.717, 1.165) is 25.3 Å². The quantitative estimate of drug-likeness (QED) is 0.856. The summed E-state index contributed by atoms with van der Waals surface area (Å²) >= 11 is 12.3. The second kappa shape index (κ2) is 5.85. The van der Waals surface area contributed by atoms with Crippen LogP contribution in [0.1, 0.15) is 41.4 Å². The minimum atomic E-state index is 0.0914. The predicted molar refractivity (Wildman–Crippen MR) is 88.3 cm³/mol. The minimum Gasteiger partial charge on any atom is -0.368 e. The number of aromatic nitrogens is 4. The van der Waals surface area contributed by atoms with Crippen molar-refractivity contribution in [3.63, 3.8) is 0 Å². The minimum absolute atomic E-state index is 0.0914. The van der Waals surface area contributed by atoms with Gasteiger partial charge >= 0.3 is 0 Å². The van der Waals surface area contributed by atoms with E-state index in [1.165, 1.54) is 24.1 Å². The molecule has 0 saturated heterocycles. The first kappa shape index (κ1) is 15.1. The van der Waals surface area contributed by atoms with E-state index in [0.29, 0.717) is 28.3 Å². The highest BCUT2D eigenvalue weighted by Gasteiger charge is 2.28. The number of nitrogens with two attached hydrogens (primary N) is 1. The molecule has 8 heteroatoms. The molecule has 2 aromatic heterocycles. The number of fused-ring (bicyclic) bond motifs is 1. The number of nitrogens with zero attached hydrogens (tertiary/aromatic N) is 5. The Morgan fingerprint density at radius 2 is 1.91 bits per heavy atom. The van der Waals surface area contributed by atoms with Crippen molar-refractivity contribution in [1.82, 2.24) is 24.8 Å². The molecule has 0 radical (unpaired) electrons. The van der Waals surface area contributed by atoms with Gasteiger partial charge in [-0.05, 0) is 12.8 Å². The average molecular weight is 351 g/mol. The first-order valence-electron chi connectivity index (χ1n) is 7.64. The summed E-state index contributed by atoms with van der Waals surface area (Å²) in [6.07, 6.45) is 5.31. The van der Waals surface area contributed by atoms with Gasteiger partial charge in [0.25, 0.3) is 0 Å². The van der Waals surface area contributed by atoms with E-state index in [1.54, 1.807) is 0 Å². The Bertz CT molecular complexity index is 739. The summed E-state index contributed by atoms with van der Waals surface area (Å²) in [5.74, 6) is 1.69. The van der Waals surface area contributed by atoms with E-state index in [9.17, 15) is 0 Å². The van der Waals surface area contributed by atoms with Gasteiger partial charge in [-0.15, -0.1) is 0 Å². The molecule has 3 heterocycles. The zero-order chi connectivity index (χ0) is 16.0. The number of halogens is 2. The molecule has 6 nitrogen and oxygen atoms in total. The van der Waals surface area contributed by atoms with Crippen LogP contribution in [0.3, 0.4) is 0 Å². The summed E-state index contributed by atoms with van der Waals surface area (Å²) in [5.41, 5.74) is 8.60. The number of hydrogen-bond acceptors (Lipinski definition) is 6. The van der Waals surface area contributed by atoms with Gasteiger partial charge in [0.1, 0.15) is 16.1 Å². The highest BCUT2D eigenvalue weighted by molar-refractivity contribution is 6.34. The summed E-state index contributed by atoms with van der Waals surface area (Å²) in [6, 6.07) is 0. The summed E-state index contributed by atoms with van der Waals surface area (Å²) in [7, 11) is 0. The molecule has 4 rings (SSSR count). The number of rotatable bonds is 3. The molecule has 0 amide bonds. The maximum atomic E-state index is 6.15. The van der Waals surface area contributed by atoms with Crippen LogP contribution < -0.4 is 5.73 Å². The zero-order valence-corrected chi connectivity index (χ0v) is 14.0. The van der Waals surface area contributed by atoms with Crippen LogP contribution in [0.2, 0.25) is 10.3 Å². The molecule has 0 aromatic carbocycles. The Morgan fingerprint density at radius 1 is 1.17 bits per heavy atom. The molecule has 23 heavy (non-hydrogen) atoms. The lowest BCUT2D eigenvalue weighted by Crippen LogP contribution is -2.31. The fraction of sp³-hybridized carbons (Fsp3) is 0.467. The summed E-state index contributed by atoms with van der Waals surface area (Å²) in [5, 5.41) is 0.627. The monoisotopic (exact) mass is 350 g/mol. The Morgan fingerprint density at radius 3 is 2.61 bits per heavy atom. The fourth-order valence-electron chi connectivity index (χ4n) is 2.86. The lowest BCUT2D eigenvalue weighted by molar-refractivity contribution is 0.242. The fourth-order valence-corrected chi connectivity index (χ4v) is 3.38. The number of anilines is 1. The van der Waals surface area contributed by atoms with E-state index in [-0.39, 0.29) is 5.95 Å². The molecule has 1 saturated carbocycles. The molecule has 2 aliphatic rings. The van der Waals surface area contributed by atoms with E-state index < -0.39 is 0 Å². The maximum Gasteiger partial charge on any atom is 0.222 e. The van der Waals surface area contributed by atoms with Crippen molar-refractivity contribution >= 4 is 29.2 Å². The smallest absolute Gasteiger partial charge is 0.222 e. The van der Waals surface area contributed by atoms with Gasteiger partial charge in [-0.3, -0.25) is 4.90 Å². The van der Waals surface area contributed by atoms with Crippen molar-refractivity contribution in [3.8, 4) is 0 Å².